The van der Waals surface area contributed by atoms with E-state index in [2.05, 4.69) is 39.2 Å². The maximum absolute atomic E-state index is 6.39. The Hall–Kier alpha value is -3.54. The van der Waals surface area contributed by atoms with Gasteiger partial charge in [-0.1, -0.05) is 60.7 Å². The first-order valence-corrected chi connectivity index (χ1v) is 8.78. The maximum atomic E-state index is 6.39. The van der Waals surface area contributed by atoms with Crippen LogP contribution in [0.25, 0.3) is 11.5 Å². The molecule has 27 heavy (non-hydrogen) atoms. The summed E-state index contributed by atoms with van der Waals surface area (Å²) in [5, 5.41) is 0. The lowest BCUT2D eigenvalue weighted by Gasteiger charge is -2.19. The standard InChI is InChI=1S/C21H17N5O/c1-26-13-24-20-17(22-12-23-20)18(26)21-25-16(14-8-4-2-5-9-14)19(27-21)15-10-6-3-7-11-15/h2-13,16,19H,1H3. The molecule has 0 aromatic heterocycles. The Kier molecular flexibility index (Phi) is 3.67. The molecule has 0 radical (unpaired) electrons. The van der Waals surface area contributed by atoms with Crippen LogP contribution in [0.3, 0.4) is 0 Å². The van der Waals surface area contributed by atoms with Crippen LogP contribution in [0.5, 0.6) is 0 Å². The molecule has 0 amide bonds. The van der Waals surface area contributed by atoms with E-state index >= 15 is 0 Å². The molecule has 0 spiro atoms. The second-order valence-electron chi connectivity index (χ2n) is 6.49. The van der Waals surface area contributed by atoms with Crippen molar-refractivity contribution in [2.45, 2.75) is 12.1 Å². The number of benzene rings is 2. The number of aliphatic imine (C=N–C) groups is 1. The van der Waals surface area contributed by atoms with Gasteiger partial charge in [-0.15, -0.1) is 0 Å². The average Bonchev–Trinajstić information content (AvgIpc) is 3.36. The van der Waals surface area contributed by atoms with Crippen LogP contribution in [0, 0.1) is 0 Å². The summed E-state index contributed by atoms with van der Waals surface area (Å²) in [4.78, 5) is 17.8. The summed E-state index contributed by atoms with van der Waals surface area (Å²) in [7, 11) is 1.91. The molecule has 3 aliphatic heterocycles. The smallest absolute Gasteiger partial charge is 0.237 e. The Morgan fingerprint density at radius 2 is 1.56 bits per heavy atom. The number of ether oxygens (including phenoxy) is 1. The number of aromatic nitrogens is 4. The van der Waals surface area contributed by atoms with E-state index in [0.717, 1.165) is 16.8 Å². The zero-order valence-corrected chi connectivity index (χ0v) is 14.7. The minimum absolute atomic E-state index is 0.130. The van der Waals surface area contributed by atoms with Gasteiger partial charge in [-0.3, -0.25) is 0 Å². The van der Waals surface area contributed by atoms with Crippen molar-refractivity contribution in [2.24, 2.45) is 12.0 Å². The Morgan fingerprint density at radius 3 is 2.30 bits per heavy atom. The van der Waals surface area contributed by atoms with E-state index < -0.39 is 0 Å². The molecule has 0 aliphatic carbocycles. The fourth-order valence-corrected chi connectivity index (χ4v) is 3.46. The number of imidazole rings is 1. The fourth-order valence-electron chi connectivity index (χ4n) is 3.46. The number of nitrogens with zero attached hydrogens (tertiary/aromatic N) is 5. The molecule has 0 fully saturated rings. The van der Waals surface area contributed by atoms with E-state index in [-0.39, 0.29) is 12.1 Å². The van der Waals surface area contributed by atoms with Crippen LogP contribution in [-0.2, 0) is 11.8 Å². The van der Waals surface area contributed by atoms with Crippen LogP contribution in [0.15, 0.2) is 78.3 Å². The van der Waals surface area contributed by atoms with Crippen molar-refractivity contribution in [3.8, 4) is 11.5 Å². The molecule has 2 atom stereocenters. The van der Waals surface area contributed by atoms with Crippen molar-refractivity contribution in [3.05, 3.63) is 90.1 Å². The van der Waals surface area contributed by atoms with Gasteiger partial charge in [0.15, 0.2) is 11.9 Å². The van der Waals surface area contributed by atoms with E-state index in [9.17, 15) is 0 Å². The maximum Gasteiger partial charge on any atom is 0.237 e. The third-order valence-corrected chi connectivity index (χ3v) is 4.76. The number of aryl methyl sites for hydroxylation is 1. The van der Waals surface area contributed by atoms with E-state index in [1.807, 2.05) is 48.0 Å². The molecule has 2 aromatic rings. The lowest BCUT2D eigenvalue weighted by molar-refractivity contribution is 0.196. The van der Waals surface area contributed by atoms with E-state index in [1.165, 1.54) is 6.33 Å². The predicted octanol–water partition coefficient (Wildman–Crippen LogP) is 3.57. The summed E-state index contributed by atoms with van der Waals surface area (Å²) in [5.41, 5.74) is 3.69. The average molecular weight is 355 g/mol. The lowest BCUT2D eigenvalue weighted by Crippen LogP contribution is -2.15. The Labute approximate surface area is 156 Å². The van der Waals surface area contributed by atoms with Crippen LogP contribution in [-0.4, -0.2) is 25.4 Å². The topological polar surface area (TPSA) is 65.2 Å². The molecule has 0 saturated carbocycles. The van der Waals surface area contributed by atoms with Gasteiger partial charge >= 0.3 is 0 Å². The first kappa shape index (κ1) is 15.7. The number of fused-ring (bicyclic) bond motifs is 1. The van der Waals surface area contributed by atoms with Gasteiger partial charge in [-0.05, 0) is 11.1 Å². The molecule has 2 unspecified atom stereocenters. The van der Waals surface area contributed by atoms with Crippen molar-refractivity contribution in [3.63, 3.8) is 0 Å². The summed E-state index contributed by atoms with van der Waals surface area (Å²) >= 11 is 0. The zero-order valence-electron chi connectivity index (χ0n) is 14.7. The summed E-state index contributed by atoms with van der Waals surface area (Å²) in [5.74, 6) is 1.15. The number of rotatable bonds is 3. The monoisotopic (exact) mass is 355 g/mol. The molecular weight excluding hydrogens is 338 g/mol. The van der Waals surface area contributed by atoms with Crippen LogP contribution in [0.2, 0.25) is 0 Å². The van der Waals surface area contributed by atoms with Gasteiger partial charge < -0.3 is 9.30 Å². The molecule has 6 heteroatoms. The molecule has 5 rings (SSSR count). The highest BCUT2D eigenvalue weighted by Gasteiger charge is 2.36. The minimum atomic E-state index is -0.199. The Morgan fingerprint density at radius 1 is 0.852 bits per heavy atom. The van der Waals surface area contributed by atoms with Crippen molar-refractivity contribution in [2.75, 3.05) is 0 Å². The van der Waals surface area contributed by atoms with Crippen LogP contribution >= 0.6 is 0 Å². The Bertz CT molecular complexity index is 1070. The molecule has 0 N–H and O–H groups in total. The SMILES string of the molecule is Cn1cnc2ncnc-2c1C1=NC(c2ccccc2)C(c2ccccc2)O1. The van der Waals surface area contributed by atoms with Crippen molar-refractivity contribution < 1.29 is 4.74 Å². The molecule has 132 valence electrons. The summed E-state index contributed by atoms with van der Waals surface area (Å²) < 4.78 is 8.27. The van der Waals surface area contributed by atoms with Gasteiger partial charge in [0, 0.05) is 7.05 Å². The van der Waals surface area contributed by atoms with Crippen molar-refractivity contribution in [1.82, 2.24) is 19.5 Å². The molecule has 0 bridgehead atoms. The third kappa shape index (κ3) is 2.66. The van der Waals surface area contributed by atoms with E-state index in [0.29, 0.717) is 17.4 Å². The van der Waals surface area contributed by atoms with Crippen LogP contribution < -0.4 is 0 Å². The molecule has 6 nitrogen and oxygen atoms in total. The van der Waals surface area contributed by atoms with Crippen molar-refractivity contribution in [1.29, 1.82) is 0 Å². The van der Waals surface area contributed by atoms with Gasteiger partial charge in [0.25, 0.3) is 0 Å². The molecule has 2 aromatic carbocycles. The molecule has 3 heterocycles. The highest BCUT2D eigenvalue weighted by atomic mass is 16.5. The first-order chi connectivity index (χ1) is 13.3. The Balaban J connectivity index is 1.64. The number of hydrogen-bond donors (Lipinski definition) is 0. The largest absolute Gasteiger partial charge is 0.465 e. The van der Waals surface area contributed by atoms with E-state index in [4.69, 9.17) is 9.73 Å². The highest BCUT2D eigenvalue weighted by Crippen LogP contribution is 2.41. The zero-order chi connectivity index (χ0) is 18.2. The fraction of sp³-hybridized carbons (Fsp3) is 0.143. The summed E-state index contributed by atoms with van der Waals surface area (Å²) in [6.45, 7) is 0. The summed E-state index contributed by atoms with van der Waals surface area (Å²) in [6, 6.07) is 20.3. The predicted molar refractivity (Wildman–Crippen MR) is 101 cm³/mol. The molecular formula is C21H17N5O. The normalized spacial score (nSPS) is 19.1. The summed E-state index contributed by atoms with van der Waals surface area (Å²) in [6.07, 6.45) is 3.03. The van der Waals surface area contributed by atoms with E-state index in [1.54, 1.807) is 6.33 Å². The second-order valence-corrected chi connectivity index (χ2v) is 6.49. The third-order valence-electron chi connectivity index (χ3n) is 4.76. The van der Waals surface area contributed by atoms with Crippen LogP contribution in [0.4, 0.5) is 0 Å². The van der Waals surface area contributed by atoms with Gasteiger partial charge in [0.2, 0.25) is 5.90 Å². The lowest BCUT2D eigenvalue weighted by atomic mass is 9.97. The number of hydrogen-bond acceptors (Lipinski definition) is 5. The first-order valence-electron chi connectivity index (χ1n) is 8.78. The highest BCUT2D eigenvalue weighted by molar-refractivity contribution is 5.98. The molecule has 3 aliphatic rings. The molecule has 0 saturated heterocycles. The van der Waals surface area contributed by atoms with Crippen LogP contribution in [0.1, 0.15) is 29.0 Å². The second kappa shape index (κ2) is 6.32. The van der Waals surface area contributed by atoms with Crippen molar-refractivity contribution >= 4 is 5.90 Å². The van der Waals surface area contributed by atoms with Gasteiger partial charge in [-0.25, -0.2) is 19.9 Å². The quantitative estimate of drug-likeness (QED) is 0.563. The van der Waals surface area contributed by atoms with Gasteiger partial charge in [0.1, 0.15) is 23.8 Å². The van der Waals surface area contributed by atoms with Gasteiger partial charge in [0.05, 0.1) is 6.33 Å². The minimum Gasteiger partial charge on any atom is -0.465 e. The van der Waals surface area contributed by atoms with Gasteiger partial charge in [-0.2, -0.15) is 0 Å².